The van der Waals surface area contributed by atoms with Crippen molar-refractivity contribution in [2.75, 3.05) is 11.9 Å². The van der Waals surface area contributed by atoms with Crippen LogP contribution in [0.15, 0.2) is 15.5 Å². The number of hydrogen-bond acceptors (Lipinski definition) is 3. The molecule has 0 atom stereocenters. The zero-order valence-electron chi connectivity index (χ0n) is 9.96. The first kappa shape index (κ1) is 13.2. The van der Waals surface area contributed by atoms with E-state index in [0.717, 1.165) is 25.1 Å². The quantitative estimate of drug-likeness (QED) is 0.847. The number of anilines is 1. The fraction of sp³-hybridized carbons (Fsp3) is 0.636. The van der Waals surface area contributed by atoms with Gasteiger partial charge in [-0.1, -0.05) is 13.3 Å². The number of aromatic nitrogens is 2. The summed E-state index contributed by atoms with van der Waals surface area (Å²) in [5.74, 6) is 0. The summed E-state index contributed by atoms with van der Waals surface area (Å²) < 4.78 is 2.03. The second kappa shape index (κ2) is 6.03. The van der Waals surface area contributed by atoms with Crippen LogP contribution < -0.4 is 10.9 Å². The lowest BCUT2D eigenvalue weighted by Gasteiger charge is -2.12. The largest absolute Gasteiger partial charge is 0.383 e. The van der Waals surface area contributed by atoms with Crippen LogP contribution in [0.25, 0.3) is 0 Å². The Morgan fingerprint density at radius 1 is 1.56 bits per heavy atom. The summed E-state index contributed by atoms with van der Waals surface area (Å²) in [5.41, 5.74) is 0.687. The zero-order chi connectivity index (χ0) is 12.1. The van der Waals surface area contributed by atoms with E-state index in [9.17, 15) is 4.79 Å². The molecule has 4 nitrogen and oxygen atoms in total. The van der Waals surface area contributed by atoms with E-state index in [-0.39, 0.29) is 11.6 Å². The van der Waals surface area contributed by atoms with Crippen LogP contribution in [0.3, 0.4) is 0 Å². The minimum absolute atomic E-state index is 0.0773. The minimum Gasteiger partial charge on any atom is -0.383 e. The Bertz CT molecular complexity index is 401. The van der Waals surface area contributed by atoms with Gasteiger partial charge in [0.25, 0.3) is 5.56 Å². The van der Waals surface area contributed by atoms with Crippen molar-refractivity contribution in [3.05, 3.63) is 21.0 Å². The van der Waals surface area contributed by atoms with Crippen LogP contribution in [-0.4, -0.2) is 16.3 Å². The molecule has 0 spiro atoms. The van der Waals surface area contributed by atoms with Crippen molar-refractivity contribution in [3.8, 4) is 0 Å². The van der Waals surface area contributed by atoms with E-state index in [1.54, 1.807) is 6.20 Å². The standard InChI is InChI=1S/C11H18BrN3O/c1-4-5-6-13-9-7-14-15(8(2)3)11(16)10(9)12/h7-8,13H,4-6H2,1-3H3. The van der Waals surface area contributed by atoms with Gasteiger partial charge in [0.05, 0.1) is 17.9 Å². The predicted octanol–water partition coefficient (Wildman–Crippen LogP) is 2.80. The third-order valence-electron chi connectivity index (χ3n) is 2.28. The predicted molar refractivity (Wildman–Crippen MR) is 70.0 cm³/mol. The fourth-order valence-electron chi connectivity index (χ4n) is 1.34. The Labute approximate surface area is 104 Å². The first-order valence-corrected chi connectivity index (χ1v) is 6.38. The van der Waals surface area contributed by atoms with Gasteiger partial charge in [-0.2, -0.15) is 5.10 Å². The van der Waals surface area contributed by atoms with Crippen LogP contribution in [0.1, 0.15) is 39.7 Å². The Morgan fingerprint density at radius 2 is 2.25 bits per heavy atom. The van der Waals surface area contributed by atoms with Crippen LogP contribution in [0.5, 0.6) is 0 Å². The molecule has 1 N–H and O–H groups in total. The molecule has 0 aromatic carbocycles. The summed E-state index contributed by atoms with van der Waals surface area (Å²) in [7, 11) is 0. The lowest BCUT2D eigenvalue weighted by Crippen LogP contribution is -2.26. The number of nitrogens with one attached hydrogen (secondary N) is 1. The first-order chi connectivity index (χ1) is 7.57. The number of halogens is 1. The summed E-state index contributed by atoms with van der Waals surface area (Å²) in [6, 6.07) is 0.0773. The van der Waals surface area contributed by atoms with Crippen molar-refractivity contribution in [2.24, 2.45) is 0 Å². The smallest absolute Gasteiger partial charge is 0.283 e. The van der Waals surface area contributed by atoms with Crippen LogP contribution >= 0.6 is 15.9 Å². The summed E-state index contributed by atoms with van der Waals surface area (Å²) in [4.78, 5) is 11.9. The normalized spacial score (nSPS) is 10.8. The maximum absolute atomic E-state index is 11.9. The highest BCUT2D eigenvalue weighted by molar-refractivity contribution is 9.10. The van der Waals surface area contributed by atoms with Crippen molar-refractivity contribution < 1.29 is 0 Å². The molecule has 90 valence electrons. The molecule has 0 saturated heterocycles. The van der Waals surface area contributed by atoms with Gasteiger partial charge in [-0.15, -0.1) is 0 Å². The van der Waals surface area contributed by atoms with Gasteiger partial charge in [0.15, 0.2) is 0 Å². The Hall–Kier alpha value is -0.840. The molecule has 0 saturated carbocycles. The van der Waals surface area contributed by atoms with Gasteiger partial charge >= 0.3 is 0 Å². The average Bonchev–Trinajstić information content (AvgIpc) is 2.24. The Morgan fingerprint density at radius 3 is 2.81 bits per heavy atom. The Kier molecular flexibility index (Phi) is 4.99. The van der Waals surface area contributed by atoms with Crippen molar-refractivity contribution in [3.63, 3.8) is 0 Å². The molecular formula is C11H18BrN3O. The fourth-order valence-corrected chi connectivity index (χ4v) is 1.76. The molecule has 0 amide bonds. The van der Waals surface area contributed by atoms with E-state index < -0.39 is 0 Å². The zero-order valence-corrected chi connectivity index (χ0v) is 11.5. The molecule has 0 bridgehead atoms. The molecular weight excluding hydrogens is 270 g/mol. The van der Waals surface area contributed by atoms with Crippen LogP contribution in [0.2, 0.25) is 0 Å². The molecule has 1 rings (SSSR count). The van der Waals surface area contributed by atoms with Crippen LogP contribution in [0.4, 0.5) is 5.69 Å². The average molecular weight is 288 g/mol. The van der Waals surface area contributed by atoms with Crippen molar-refractivity contribution in [1.29, 1.82) is 0 Å². The SMILES string of the molecule is CCCCNc1cnn(C(C)C)c(=O)c1Br. The molecule has 0 aliphatic heterocycles. The first-order valence-electron chi connectivity index (χ1n) is 5.59. The number of nitrogens with zero attached hydrogens (tertiary/aromatic N) is 2. The maximum Gasteiger partial charge on any atom is 0.283 e. The van der Waals surface area contributed by atoms with E-state index in [0.29, 0.717) is 4.47 Å². The van der Waals surface area contributed by atoms with Crippen molar-refractivity contribution in [2.45, 2.75) is 39.7 Å². The third-order valence-corrected chi connectivity index (χ3v) is 3.04. The molecule has 0 unspecified atom stereocenters. The Balaban J connectivity index is 2.90. The third kappa shape index (κ3) is 3.07. The summed E-state index contributed by atoms with van der Waals surface area (Å²) >= 11 is 3.32. The highest BCUT2D eigenvalue weighted by Crippen LogP contribution is 2.17. The molecule has 16 heavy (non-hydrogen) atoms. The number of unbranched alkanes of at least 4 members (excludes halogenated alkanes) is 1. The van der Waals surface area contributed by atoms with Gasteiger partial charge in [0, 0.05) is 6.54 Å². The van der Waals surface area contributed by atoms with Gasteiger partial charge in [-0.25, -0.2) is 4.68 Å². The van der Waals surface area contributed by atoms with E-state index >= 15 is 0 Å². The minimum atomic E-state index is -0.0866. The molecule has 1 aromatic heterocycles. The van der Waals surface area contributed by atoms with Crippen molar-refractivity contribution >= 4 is 21.6 Å². The van der Waals surface area contributed by atoms with Gasteiger partial charge in [-0.05, 0) is 36.2 Å². The van der Waals surface area contributed by atoms with Crippen molar-refractivity contribution in [1.82, 2.24) is 9.78 Å². The molecule has 0 fully saturated rings. The van der Waals surface area contributed by atoms with Gasteiger partial charge in [-0.3, -0.25) is 4.79 Å². The van der Waals surface area contributed by atoms with E-state index in [1.807, 2.05) is 13.8 Å². The summed E-state index contributed by atoms with van der Waals surface area (Å²) in [5, 5.41) is 7.33. The second-order valence-electron chi connectivity index (χ2n) is 4.00. The van der Waals surface area contributed by atoms with E-state index in [1.165, 1.54) is 4.68 Å². The highest BCUT2D eigenvalue weighted by atomic mass is 79.9. The second-order valence-corrected chi connectivity index (χ2v) is 4.79. The molecule has 1 heterocycles. The molecule has 0 aliphatic carbocycles. The van der Waals surface area contributed by atoms with Gasteiger partial charge in [0.2, 0.25) is 0 Å². The lowest BCUT2D eigenvalue weighted by atomic mass is 10.3. The monoisotopic (exact) mass is 287 g/mol. The van der Waals surface area contributed by atoms with Gasteiger partial charge in [0.1, 0.15) is 4.47 Å². The molecule has 0 radical (unpaired) electrons. The van der Waals surface area contributed by atoms with E-state index in [2.05, 4.69) is 33.3 Å². The van der Waals surface area contributed by atoms with Crippen LogP contribution in [0, 0.1) is 0 Å². The lowest BCUT2D eigenvalue weighted by molar-refractivity contribution is 0.501. The van der Waals surface area contributed by atoms with E-state index in [4.69, 9.17) is 0 Å². The summed E-state index contributed by atoms with van der Waals surface area (Å²) in [6.45, 7) is 6.86. The van der Waals surface area contributed by atoms with Gasteiger partial charge < -0.3 is 5.32 Å². The topological polar surface area (TPSA) is 46.9 Å². The molecule has 1 aromatic rings. The maximum atomic E-state index is 11.9. The number of hydrogen-bond donors (Lipinski definition) is 1. The van der Waals surface area contributed by atoms with Crippen LogP contribution in [-0.2, 0) is 0 Å². The number of rotatable bonds is 5. The highest BCUT2D eigenvalue weighted by Gasteiger charge is 2.09. The molecule has 0 aliphatic rings. The molecule has 5 heteroatoms. The summed E-state index contributed by atoms with van der Waals surface area (Å²) in [6.07, 6.45) is 3.90.